The second-order valence-electron chi connectivity index (χ2n) is 10.6. The highest BCUT2D eigenvalue weighted by molar-refractivity contribution is 6.08. The van der Waals surface area contributed by atoms with Gasteiger partial charge in [0.15, 0.2) is 0 Å². The fourth-order valence-corrected chi connectivity index (χ4v) is 6.52. The largest absolute Gasteiger partial charge is 0.333 e. The van der Waals surface area contributed by atoms with E-state index in [4.69, 9.17) is 0 Å². The number of pyridine rings is 3. The van der Waals surface area contributed by atoms with Crippen molar-refractivity contribution < 1.29 is 0 Å². The van der Waals surface area contributed by atoms with Crippen molar-refractivity contribution in [3.05, 3.63) is 121 Å². The van der Waals surface area contributed by atoms with E-state index in [-0.39, 0.29) is 12.0 Å². The summed E-state index contributed by atoms with van der Waals surface area (Å²) in [5.74, 6) is 0.218. The van der Waals surface area contributed by atoms with Gasteiger partial charge >= 0.3 is 0 Å². The first-order valence-corrected chi connectivity index (χ1v) is 13.5. The number of benzene rings is 2. The second-order valence-corrected chi connectivity index (χ2v) is 10.6. The zero-order valence-corrected chi connectivity index (χ0v) is 22.2. The first kappa shape index (κ1) is 22.8. The van der Waals surface area contributed by atoms with Crippen molar-refractivity contribution in [1.82, 2.24) is 19.5 Å². The zero-order chi connectivity index (χ0) is 26.8. The first-order valence-electron chi connectivity index (χ1n) is 13.5. The van der Waals surface area contributed by atoms with Crippen LogP contribution in [-0.2, 0) is 0 Å². The third-order valence-electron chi connectivity index (χ3n) is 8.34. The van der Waals surface area contributed by atoms with Gasteiger partial charge < -0.3 is 9.47 Å². The molecule has 0 saturated heterocycles. The molecule has 2 aliphatic rings. The van der Waals surface area contributed by atoms with Gasteiger partial charge in [-0.25, -0.2) is 0 Å². The third kappa shape index (κ3) is 3.29. The smallest absolute Gasteiger partial charge is 0.0659 e. The van der Waals surface area contributed by atoms with Crippen LogP contribution in [0.1, 0.15) is 22.6 Å². The molecule has 6 heteroatoms. The highest BCUT2D eigenvalue weighted by Crippen LogP contribution is 2.46. The lowest BCUT2D eigenvalue weighted by atomic mass is 9.94. The van der Waals surface area contributed by atoms with Gasteiger partial charge in [0.05, 0.1) is 17.1 Å². The van der Waals surface area contributed by atoms with Gasteiger partial charge in [0.2, 0.25) is 0 Å². The van der Waals surface area contributed by atoms with E-state index in [1.54, 1.807) is 0 Å². The van der Waals surface area contributed by atoms with Gasteiger partial charge in [-0.3, -0.25) is 19.9 Å². The van der Waals surface area contributed by atoms with Crippen molar-refractivity contribution >= 4 is 39.4 Å². The SMILES string of the molecule is Cc1cc(N2c3ccncc3C3C=NC=CC32)ccc1-c1ccc(-n2c3ccncc3c3cnccc32)cc1C. The second kappa shape index (κ2) is 8.71. The Morgan fingerprint density at radius 1 is 0.675 bits per heavy atom. The fraction of sp³-hybridized carbons (Fsp3) is 0.118. The number of fused-ring (bicyclic) bond motifs is 6. The summed E-state index contributed by atoms with van der Waals surface area (Å²) in [6.07, 6.45) is 17.6. The number of rotatable bonds is 3. The van der Waals surface area contributed by atoms with E-state index in [9.17, 15) is 0 Å². The topological polar surface area (TPSA) is 59.2 Å². The summed E-state index contributed by atoms with van der Waals surface area (Å²) >= 11 is 0. The maximum Gasteiger partial charge on any atom is 0.0659 e. The van der Waals surface area contributed by atoms with E-state index < -0.39 is 0 Å². The Morgan fingerprint density at radius 2 is 1.30 bits per heavy atom. The number of hydrogen-bond acceptors (Lipinski definition) is 5. The molecule has 0 radical (unpaired) electrons. The molecule has 0 bridgehead atoms. The molecule has 8 rings (SSSR count). The molecule has 6 heterocycles. The van der Waals surface area contributed by atoms with Crippen molar-refractivity contribution in [3.8, 4) is 16.8 Å². The van der Waals surface area contributed by atoms with Crippen LogP contribution in [-0.4, -0.2) is 31.8 Å². The Bertz CT molecular complexity index is 1960. The predicted octanol–water partition coefficient (Wildman–Crippen LogP) is 7.45. The number of aryl methyl sites for hydroxylation is 2. The lowest BCUT2D eigenvalue weighted by Gasteiger charge is -2.29. The molecule has 40 heavy (non-hydrogen) atoms. The normalized spacial score (nSPS) is 17.5. The van der Waals surface area contributed by atoms with Crippen LogP contribution in [0.2, 0.25) is 0 Å². The number of nitrogens with zero attached hydrogens (tertiary/aromatic N) is 6. The maximum absolute atomic E-state index is 4.42. The average Bonchev–Trinajstić information content (AvgIpc) is 3.51. The van der Waals surface area contributed by atoms with Gasteiger partial charge in [-0.15, -0.1) is 0 Å². The van der Waals surface area contributed by atoms with Crippen LogP contribution < -0.4 is 4.90 Å². The zero-order valence-electron chi connectivity index (χ0n) is 22.2. The molecule has 0 spiro atoms. The number of aliphatic imine (C=N–C) groups is 1. The van der Waals surface area contributed by atoms with Crippen LogP contribution in [0, 0.1) is 13.8 Å². The minimum atomic E-state index is 0.208. The highest BCUT2D eigenvalue weighted by atomic mass is 15.2. The fourth-order valence-electron chi connectivity index (χ4n) is 6.52. The Hall–Kier alpha value is -5.10. The number of aromatic nitrogens is 4. The van der Waals surface area contributed by atoms with Crippen LogP contribution in [0.3, 0.4) is 0 Å². The maximum atomic E-state index is 4.42. The summed E-state index contributed by atoms with van der Waals surface area (Å²) in [5, 5.41) is 2.22. The molecular weight excluding hydrogens is 492 g/mol. The van der Waals surface area contributed by atoms with Gasteiger partial charge in [-0.05, 0) is 84.6 Å². The molecule has 6 aromatic rings. The van der Waals surface area contributed by atoms with Crippen LogP contribution >= 0.6 is 0 Å². The summed E-state index contributed by atoms with van der Waals surface area (Å²) < 4.78 is 2.30. The van der Waals surface area contributed by atoms with Crippen LogP contribution in [0.25, 0.3) is 38.6 Å². The Morgan fingerprint density at radius 3 is 2.00 bits per heavy atom. The average molecular weight is 519 g/mol. The minimum Gasteiger partial charge on any atom is -0.333 e. The Labute approximate surface area is 232 Å². The van der Waals surface area contributed by atoms with Crippen molar-refractivity contribution in [2.45, 2.75) is 25.8 Å². The standard InChI is InChI=1S/C34H26N6/c1-21-15-23(39-31-7-11-35-17-27(31)28-18-36-12-8-32(28)39)3-5-25(21)26-6-4-24(16-22(26)2)40-33-9-13-37-19-29(33)30-20-38-14-10-34(30)40/h3-20,27,31H,1-2H3. The van der Waals surface area contributed by atoms with Gasteiger partial charge in [0.1, 0.15) is 0 Å². The molecule has 2 aromatic carbocycles. The molecule has 2 unspecified atom stereocenters. The first-order chi connectivity index (χ1) is 19.7. The van der Waals surface area contributed by atoms with E-state index in [1.807, 2.05) is 49.6 Å². The lowest BCUT2D eigenvalue weighted by Crippen LogP contribution is -2.30. The van der Waals surface area contributed by atoms with Crippen LogP contribution in [0.5, 0.6) is 0 Å². The predicted molar refractivity (Wildman–Crippen MR) is 162 cm³/mol. The van der Waals surface area contributed by atoms with Crippen molar-refractivity contribution in [2.75, 3.05) is 4.90 Å². The molecular formula is C34H26N6. The molecule has 2 aliphatic heterocycles. The molecule has 0 saturated carbocycles. The van der Waals surface area contributed by atoms with Gasteiger partial charge in [-0.1, -0.05) is 12.1 Å². The van der Waals surface area contributed by atoms with Crippen LogP contribution in [0.15, 0.2) is 109 Å². The Balaban J connectivity index is 1.20. The summed E-state index contributed by atoms with van der Waals surface area (Å²) in [4.78, 5) is 20.0. The highest BCUT2D eigenvalue weighted by Gasteiger charge is 2.38. The van der Waals surface area contributed by atoms with Crippen molar-refractivity contribution in [1.29, 1.82) is 0 Å². The van der Waals surface area contributed by atoms with E-state index in [0.717, 1.165) is 27.5 Å². The summed E-state index contributed by atoms with van der Waals surface area (Å²) in [6, 6.07) is 20.0. The molecule has 0 fully saturated rings. The number of anilines is 2. The molecule has 0 N–H and O–H groups in total. The van der Waals surface area contributed by atoms with Gasteiger partial charge in [0, 0.05) is 88.9 Å². The van der Waals surface area contributed by atoms with Gasteiger partial charge in [0.25, 0.3) is 0 Å². The monoisotopic (exact) mass is 518 g/mol. The third-order valence-corrected chi connectivity index (χ3v) is 8.34. The quantitative estimate of drug-likeness (QED) is 0.244. The Kier molecular flexibility index (Phi) is 4.98. The summed E-state index contributed by atoms with van der Waals surface area (Å²) in [6.45, 7) is 4.40. The molecule has 192 valence electrons. The van der Waals surface area contributed by atoms with E-state index in [0.29, 0.717) is 0 Å². The van der Waals surface area contributed by atoms with Gasteiger partial charge in [-0.2, -0.15) is 0 Å². The molecule has 0 aliphatic carbocycles. The van der Waals surface area contributed by atoms with E-state index in [2.05, 4.69) is 104 Å². The summed E-state index contributed by atoms with van der Waals surface area (Å²) in [5.41, 5.74) is 12.0. The molecule has 2 atom stereocenters. The van der Waals surface area contributed by atoms with Crippen LogP contribution in [0.4, 0.5) is 11.4 Å². The van der Waals surface area contributed by atoms with E-state index in [1.165, 1.54) is 39.2 Å². The number of hydrogen-bond donors (Lipinski definition) is 0. The summed E-state index contributed by atoms with van der Waals surface area (Å²) in [7, 11) is 0. The minimum absolute atomic E-state index is 0.208. The lowest BCUT2D eigenvalue weighted by molar-refractivity contribution is 0.778. The molecule has 4 aromatic heterocycles. The molecule has 6 nitrogen and oxygen atoms in total. The van der Waals surface area contributed by atoms with E-state index >= 15 is 0 Å². The van der Waals surface area contributed by atoms with Crippen molar-refractivity contribution in [3.63, 3.8) is 0 Å². The molecule has 0 amide bonds. The van der Waals surface area contributed by atoms with Crippen molar-refractivity contribution in [2.24, 2.45) is 4.99 Å².